The van der Waals surface area contributed by atoms with Gasteiger partial charge in [0.2, 0.25) is 5.91 Å². The van der Waals surface area contributed by atoms with Crippen molar-refractivity contribution in [2.24, 2.45) is 0 Å². The lowest BCUT2D eigenvalue weighted by Gasteiger charge is -2.23. The molecule has 0 aliphatic carbocycles. The summed E-state index contributed by atoms with van der Waals surface area (Å²) in [7, 11) is 0. The molecule has 0 saturated carbocycles. The van der Waals surface area contributed by atoms with E-state index >= 15 is 0 Å². The summed E-state index contributed by atoms with van der Waals surface area (Å²) in [5, 5.41) is 3.67. The standard InChI is InChI=1S/C20H24ClNO2/c1-20(2,3)24-18-7-5-4-6-16(18)14-22-19(23)13-10-15-8-11-17(21)12-9-15/h4-9,11-12H,10,13-14H2,1-3H3,(H,22,23). The van der Waals surface area contributed by atoms with Crippen LogP contribution in [0.15, 0.2) is 48.5 Å². The summed E-state index contributed by atoms with van der Waals surface area (Å²) in [4.78, 5) is 12.1. The number of carbonyl (C=O) groups is 1. The summed E-state index contributed by atoms with van der Waals surface area (Å²) >= 11 is 5.86. The zero-order valence-corrected chi connectivity index (χ0v) is 15.2. The Bertz CT molecular complexity index is 675. The van der Waals surface area contributed by atoms with Gasteiger partial charge in [0.25, 0.3) is 0 Å². The second-order valence-electron chi connectivity index (χ2n) is 6.73. The molecule has 0 atom stereocenters. The van der Waals surface area contributed by atoms with Crippen LogP contribution < -0.4 is 10.1 Å². The summed E-state index contributed by atoms with van der Waals surface area (Å²) in [6.45, 7) is 6.49. The monoisotopic (exact) mass is 345 g/mol. The largest absolute Gasteiger partial charge is 0.488 e. The average Bonchev–Trinajstić information content (AvgIpc) is 2.52. The van der Waals surface area contributed by atoms with Crippen molar-refractivity contribution >= 4 is 17.5 Å². The number of rotatable bonds is 6. The van der Waals surface area contributed by atoms with E-state index in [4.69, 9.17) is 16.3 Å². The van der Waals surface area contributed by atoms with Crippen LogP contribution in [-0.2, 0) is 17.8 Å². The van der Waals surface area contributed by atoms with Gasteiger partial charge < -0.3 is 10.1 Å². The van der Waals surface area contributed by atoms with Crippen LogP contribution in [0.3, 0.4) is 0 Å². The van der Waals surface area contributed by atoms with Crippen LogP contribution in [0.4, 0.5) is 0 Å². The highest BCUT2D eigenvalue weighted by atomic mass is 35.5. The maximum Gasteiger partial charge on any atom is 0.220 e. The van der Waals surface area contributed by atoms with E-state index in [9.17, 15) is 4.79 Å². The zero-order valence-electron chi connectivity index (χ0n) is 14.4. The van der Waals surface area contributed by atoms with Crippen molar-refractivity contribution in [2.75, 3.05) is 0 Å². The van der Waals surface area contributed by atoms with Gasteiger partial charge in [-0.25, -0.2) is 0 Å². The van der Waals surface area contributed by atoms with Crippen molar-refractivity contribution in [3.8, 4) is 5.75 Å². The van der Waals surface area contributed by atoms with Crippen LogP contribution in [0.5, 0.6) is 5.75 Å². The fourth-order valence-corrected chi connectivity index (χ4v) is 2.40. The first-order chi connectivity index (χ1) is 11.3. The molecule has 24 heavy (non-hydrogen) atoms. The minimum absolute atomic E-state index is 0.0236. The lowest BCUT2D eigenvalue weighted by atomic mass is 10.1. The van der Waals surface area contributed by atoms with Gasteiger partial charge in [-0.2, -0.15) is 0 Å². The smallest absolute Gasteiger partial charge is 0.220 e. The molecule has 0 aliphatic rings. The maximum absolute atomic E-state index is 12.1. The summed E-state index contributed by atoms with van der Waals surface area (Å²) in [5.74, 6) is 0.832. The highest BCUT2D eigenvalue weighted by Crippen LogP contribution is 2.22. The van der Waals surface area contributed by atoms with Crippen LogP contribution in [0.25, 0.3) is 0 Å². The van der Waals surface area contributed by atoms with E-state index in [0.29, 0.717) is 24.4 Å². The van der Waals surface area contributed by atoms with Gasteiger partial charge >= 0.3 is 0 Å². The minimum Gasteiger partial charge on any atom is -0.488 e. The Morgan fingerprint density at radius 2 is 1.75 bits per heavy atom. The third-order valence-electron chi connectivity index (χ3n) is 3.42. The molecule has 2 aromatic carbocycles. The minimum atomic E-state index is -0.269. The van der Waals surface area contributed by atoms with E-state index in [1.165, 1.54) is 0 Å². The number of hydrogen-bond acceptors (Lipinski definition) is 2. The molecule has 0 unspecified atom stereocenters. The van der Waals surface area contributed by atoms with E-state index in [1.807, 2.05) is 69.3 Å². The Morgan fingerprint density at radius 3 is 2.42 bits per heavy atom. The van der Waals surface area contributed by atoms with Gasteiger partial charge in [0.05, 0.1) is 0 Å². The predicted molar refractivity (Wildman–Crippen MR) is 98.4 cm³/mol. The first-order valence-corrected chi connectivity index (χ1v) is 8.49. The molecule has 0 radical (unpaired) electrons. The van der Waals surface area contributed by atoms with Crippen molar-refractivity contribution in [3.63, 3.8) is 0 Å². The number of para-hydroxylation sites is 1. The molecular weight excluding hydrogens is 322 g/mol. The zero-order chi connectivity index (χ0) is 17.6. The fourth-order valence-electron chi connectivity index (χ4n) is 2.27. The summed E-state index contributed by atoms with van der Waals surface area (Å²) in [6, 6.07) is 15.4. The van der Waals surface area contributed by atoms with Crippen LogP contribution in [0.1, 0.15) is 38.3 Å². The van der Waals surface area contributed by atoms with Gasteiger partial charge in [0.1, 0.15) is 11.4 Å². The van der Waals surface area contributed by atoms with Gasteiger partial charge in [-0.1, -0.05) is 41.9 Å². The van der Waals surface area contributed by atoms with E-state index < -0.39 is 0 Å². The number of aryl methyl sites for hydroxylation is 1. The molecule has 0 fully saturated rings. The average molecular weight is 346 g/mol. The number of benzene rings is 2. The number of nitrogens with one attached hydrogen (secondary N) is 1. The van der Waals surface area contributed by atoms with Crippen LogP contribution >= 0.6 is 11.6 Å². The molecule has 3 nitrogen and oxygen atoms in total. The normalized spacial score (nSPS) is 11.2. The van der Waals surface area contributed by atoms with E-state index in [2.05, 4.69) is 5.32 Å². The van der Waals surface area contributed by atoms with E-state index in [1.54, 1.807) is 0 Å². The first-order valence-electron chi connectivity index (χ1n) is 8.11. The molecule has 0 bridgehead atoms. The Labute approximate surface area is 149 Å². The lowest BCUT2D eigenvalue weighted by molar-refractivity contribution is -0.121. The number of hydrogen-bond donors (Lipinski definition) is 1. The number of amides is 1. The van der Waals surface area contributed by atoms with Gasteiger partial charge in [0, 0.05) is 23.6 Å². The van der Waals surface area contributed by atoms with Crippen LogP contribution in [0, 0.1) is 0 Å². The van der Waals surface area contributed by atoms with Crippen molar-refractivity contribution in [1.29, 1.82) is 0 Å². The maximum atomic E-state index is 12.1. The number of ether oxygens (including phenoxy) is 1. The molecule has 0 spiro atoms. The Morgan fingerprint density at radius 1 is 1.08 bits per heavy atom. The van der Waals surface area contributed by atoms with Gasteiger partial charge in [-0.05, 0) is 51.0 Å². The lowest BCUT2D eigenvalue weighted by Crippen LogP contribution is -2.26. The van der Waals surface area contributed by atoms with Gasteiger partial charge in [-0.3, -0.25) is 4.79 Å². The first kappa shape index (κ1) is 18.3. The molecule has 1 N–H and O–H groups in total. The highest BCUT2D eigenvalue weighted by molar-refractivity contribution is 6.30. The predicted octanol–water partition coefficient (Wildman–Crippen LogP) is 4.77. The van der Waals surface area contributed by atoms with Crippen molar-refractivity contribution < 1.29 is 9.53 Å². The molecular formula is C20H24ClNO2. The number of carbonyl (C=O) groups excluding carboxylic acids is 1. The number of halogens is 1. The van der Waals surface area contributed by atoms with Gasteiger partial charge in [-0.15, -0.1) is 0 Å². The summed E-state index contributed by atoms with van der Waals surface area (Å²) < 4.78 is 5.94. The second kappa shape index (κ2) is 8.20. The van der Waals surface area contributed by atoms with Crippen molar-refractivity contribution in [2.45, 2.75) is 45.8 Å². The molecule has 2 rings (SSSR count). The Kier molecular flexibility index (Phi) is 6.27. The Balaban J connectivity index is 1.86. The van der Waals surface area contributed by atoms with Crippen LogP contribution in [0.2, 0.25) is 5.02 Å². The molecule has 128 valence electrons. The van der Waals surface area contributed by atoms with Crippen molar-refractivity contribution in [1.82, 2.24) is 5.32 Å². The summed E-state index contributed by atoms with van der Waals surface area (Å²) in [5.41, 5.74) is 1.81. The van der Waals surface area contributed by atoms with Crippen molar-refractivity contribution in [3.05, 3.63) is 64.7 Å². The topological polar surface area (TPSA) is 38.3 Å². The third-order valence-corrected chi connectivity index (χ3v) is 3.67. The molecule has 0 saturated heterocycles. The molecule has 4 heteroatoms. The quantitative estimate of drug-likeness (QED) is 0.819. The van der Waals surface area contributed by atoms with E-state index in [-0.39, 0.29) is 11.5 Å². The highest BCUT2D eigenvalue weighted by Gasteiger charge is 2.14. The molecule has 0 aliphatic heterocycles. The van der Waals surface area contributed by atoms with Crippen LogP contribution in [-0.4, -0.2) is 11.5 Å². The third kappa shape index (κ3) is 6.25. The second-order valence-corrected chi connectivity index (χ2v) is 7.16. The SMILES string of the molecule is CC(C)(C)Oc1ccccc1CNC(=O)CCc1ccc(Cl)cc1. The van der Waals surface area contributed by atoms with Gasteiger partial charge in [0.15, 0.2) is 0 Å². The summed E-state index contributed by atoms with van der Waals surface area (Å²) in [6.07, 6.45) is 1.15. The Hall–Kier alpha value is -2.00. The van der Waals surface area contributed by atoms with E-state index in [0.717, 1.165) is 16.9 Å². The molecule has 2 aromatic rings. The fraction of sp³-hybridized carbons (Fsp3) is 0.350. The molecule has 0 aromatic heterocycles. The molecule has 0 heterocycles. The molecule has 1 amide bonds.